The van der Waals surface area contributed by atoms with Gasteiger partial charge in [-0.2, -0.15) is 0 Å². The predicted molar refractivity (Wildman–Crippen MR) is 66.9 cm³/mol. The fourth-order valence-corrected chi connectivity index (χ4v) is 1.90. The maximum absolute atomic E-state index is 11.8. The maximum Gasteiger partial charge on any atom is 0.338 e. The number of hydrogen-bond donors (Lipinski definition) is 1. The average molecular weight is 244 g/mol. The largest absolute Gasteiger partial charge is 0.478 e. The third kappa shape index (κ3) is 2.05. The monoisotopic (exact) mass is 244 g/mol. The lowest BCUT2D eigenvalue weighted by molar-refractivity contribution is 0.0528. The first-order valence-corrected chi connectivity index (χ1v) is 5.57. The van der Waals surface area contributed by atoms with Gasteiger partial charge in [0.15, 0.2) is 0 Å². The number of rotatable bonds is 3. The van der Waals surface area contributed by atoms with Crippen LogP contribution in [0.3, 0.4) is 0 Å². The van der Waals surface area contributed by atoms with Crippen molar-refractivity contribution in [3.8, 4) is 0 Å². The van der Waals surface area contributed by atoms with Crippen molar-refractivity contribution in [2.24, 2.45) is 0 Å². The Morgan fingerprint density at radius 1 is 1.11 bits per heavy atom. The number of carboxylic acid groups (broad SMARTS) is 1. The number of fused-ring (bicyclic) bond motifs is 1. The molecular formula is C14H12O4. The van der Waals surface area contributed by atoms with Crippen LogP contribution in [0.5, 0.6) is 0 Å². The van der Waals surface area contributed by atoms with Gasteiger partial charge in [0, 0.05) is 5.39 Å². The highest BCUT2D eigenvalue weighted by Crippen LogP contribution is 2.24. The lowest BCUT2D eigenvalue weighted by atomic mass is 9.99. The number of hydrogen-bond acceptors (Lipinski definition) is 3. The van der Waals surface area contributed by atoms with Crippen molar-refractivity contribution in [2.75, 3.05) is 6.61 Å². The molecule has 1 N–H and O–H groups in total. The van der Waals surface area contributed by atoms with Gasteiger partial charge >= 0.3 is 11.9 Å². The second-order valence-corrected chi connectivity index (χ2v) is 3.73. The van der Waals surface area contributed by atoms with Crippen LogP contribution in [0.25, 0.3) is 10.8 Å². The Morgan fingerprint density at radius 2 is 1.72 bits per heavy atom. The summed E-state index contributed by atoms with van der Waals surface area (Å²) in [5.74, 6) is -1.56. The van der Waals surface area contributed by atoms with E-state index in [-0.39, 0.29) is 17.7 Å². The summed E-state index contributed by atoms with van der Waals surface area (Å²) in [5.41, 5.74) is 0.392. The molecule has 0 heterocycles. The molecule has 0 aliphatic heterocycles. The van der Waals surface area contributed by atoms with Crippen LogP contribution in [0.1, 0.15) is 27.6 Å². The summed E-state index contributed by atoms with van der Waals surface area (Å²) in [6, 6.07) is 9.95. The summed E-state index contributed by atoms with van der Waals surface area (Å²) >= 11 is 0. The first-order chi connectivity index (χ1) is 8.65. The molecule has 2 aromatic carbocycles. The molecule has 2 aromatic rings. The summed E-state index contributed by atoms with van der Waals surface area (Å²) in [6.07, 6.45) is 0. The molecule has 0 fully saturated rings. The van der Waals surface area contributed by atoms with Gasteiger partial charge in [-0.05, 0) is 24.4 Å². The molecular weight excluding hydrogens is 232 g/mol. The molecule has 0 spiro atoms. The highest BCUT2D eigenvalue weighted by molar-refractivity contribution is 6.12. The molecule has 0 unspecified atom stereocenters. The summed E-state index contributed by atoms with van der Waals surface area (Å²) < 4.78 is 4.94. The number of esters is 1. The standard InChI is InChI=1S/C14H12O4/c1-2-18-14(17)11-8-4-6-9-5-3-7-10(12(9)11)13(15)16/h3-8H,2H2,1H3,(H,15,16). The zero-order valence-corrected chi connectivity index (χ0v) is 9.84. The zero-order valence-electron chi connectivity index (χ0n) is 9.84. The number of carbonyl (C=O) groups is 2. The minimum absolute atomic E-state index is 0.108. The molecule has 0 amide bonds. The van der Waals surface area contributed by atoms with E-state index in [1.54, 1.807) is 37.3 Å². The fraction of sp³-hybridized carbons (Fsp3) is 0.143. The SMILES string of the molecule is CCOC(=O)c1cccc2cccc(C(=O)O)c12. The molecule has 0 aromatic heterocycles. The maximum atomic E-state index is 11.8. The summed E-state index contributed by atoms with van der Waals surface area (Å²) in [4.78, 5) is 23.0. The normalized spacial score (nSPS) is 10.3. The van der Waals surface area contributed by atoms with Crippen LogP contribution in [-0.4, -0.2) is 23.7 Å². The number of benzene rings is 2. The van der Waals surface area contributed by atoms with Gasteiger partial charge in [0.2, 0.25) is 0 Å². The molecule has 0 atom stereocenters. The van der Waals surface area contributed by atoms with Gasteiger partial charge < -0.3 is 9.84 Å². The number of carboxylic acids is 1. The van der Waals surface area contributed by atoms with E-state index in [0.29, 0.717) is 10.8 Å². The van der Waals surface area contributed by atoms with Crippen LogP contribution in [0.4, 0.5) is 0 Å². The summed E-state index contributed by atoms with van der Waals surface area (Å²) in [5, 5.41) is 10.3. The van der Waals surface area contributed by atoms with Crippen molar-refractivity contribution in [1.82, 2.24) is 0 Å². The van der Waals surface area contributed by atoms with Gasteiger partial charge in [0.1, 0.15) is 0 Å². The van der Waals surface area contributed by atoms with Crippen molar-refractivity contribution in [3.63, 3.8) is 0 Å². The van der Waals surface area contributed by atoms with Crippen molar-refractivity contribution >= 4 is 22.7 Å². The van der Waals surface area contributed by atoms with E-state index in [1.165, 1.54) is 6.07 Å². The van der Waals surface area contributed by atoms with Gasteiger partial charge in [-0.25, -0.2) is 9.59 Å². The van der Waals surface area contributed by atoms with Crippen molar-refractivity contribution in [1.29, 1.82) is 0 Å². The first-order valence-electron chi connectivity index (χ1n) is 5.57. The Morgan fingerprint density at radius 3 is 2.28 bits per heavy atom. The number of aromatic carboxylic acids is 1. The Bertz CT molecular complexity index is 611. The Labute approximate surface area is 104 Å². The van der Waals surface area contributed by atoms with E-state index >= 15 is 0 Å². The molecule has 0 aliphatic carbocycles. The Balaban J connectivity index is 2.73. The smallest absolute Gasteiger partial charge is 0.338 e. The van der Waals surface area contributed by atoms with E-state index in [4.69, 9.17) is 9.84 Å². The van der Waals surface area contributed by atoms with Crippen LogP contribution in [-0.2, 0) is 4.74 Å². The highest BCUT2D eigenvalue weighted by atomic mass is 16.5. The second-order valence-electron chi connectivity index (χ2n) is 3.73. The van der Waals surface area contributed by atoms with Crippen LogP contribution >= 0.6 is 0 Å². The molecule has 0 saturated heterocycles. The van der Waals surface area contributed by atoms with E-state index in [1.807, 2.05) is 0 Å². The fourth-order valence-electron chi connectivity index (χ4n) is 1.90. The molecule has 0 aliphatic rings. The highest BCUT2D eigenvalue weighted by Gasteiger charge is 2.16. The third-order valence-corrected chi connectivity index (χ3v) is 2.63. The number of ether oxygens (including phenoxy) is 1. The quantitative estimate of drug-likeness (QED) is 0.843. The van der Waals surface area contributed by atoms with E-state index < -0.39 is 11.9 Å². The lowest BCUT2D eigenvalue weighted by Gasteiger charge is -2.08. The van der Waals surface area contributed by atoms with Gasteiger partial charge in [-0.1, -0.05) is 24.3 Å². The predicted octanol–water partition coefficient (Wildman–Crippen LogP) is 2.71. The Hall–Kier alpha value is -2.36. The third-order valence-electron chi connectivity index (χ3n) is 2.63. The number of carbonyl (C=O) groups excluding carboxylic acids is 1. The molecule has 4 nitrogen and oxygen atoms in total. The van der Waals surface area contributed by atoms with Gasteiger partial charge in [-0.15, -0.1) is 0 Å². The van der Waals surface area contributed by atoms with Crippen molar-refractivity contribution in [3.05, 3.63) is 47.5 Å². The topological polar surface area (TPSA) is 63.6 Å². The lowest BCUT2D eigenvalue weighted by Crippen LogP contribution is -2.08. The zero-order chi connectivity index (χ0) is 13.1. The molecule has 4 heteroatoms. The molecule has 92 valence electrons. The summed E-state index contributed by atoms with van der Waals surface area (Å²) in [7, 11) is 0. The first kappa shape index (κ1) is 12.1. The van der Waals surface area contributed by atoms with E-state index in [2.05, 4.69) is 0 Å². The van der Waals surface area contributed by atoms with Crippen LogP contribution in [0, 0.1) is 0 Å². The van der Waals surface area contributed by atoms with Crippen molar-refractivity contribution < 1.29 is 19.4 Å². The summed E-state index contributed by atoms with van der Waals surface area (Å²) in [6.45, 7) is 1.96. The van der Waals surface area contributed by atoms with Crippen LogP contribution < -0.4 is 0 Å². The van der Waals surface area contributed by atoms with E-state index in [9.17, 15) is 9.59 Å². The Kier molecular flexibility index (Phi) is 3.28. The molecule has 18 heavy (non-hydrogen) atoms. The molecule has 0 radical (unpaired) electrons. The van der Waals surface area contributed by atoms with Gasteiger partial charge in [0.05, 0.1) is 17.7 Å². The van der Waals surface area contributed by atoms with E-state index in [0.717, 1.165) is 0 Å². The minimum Gasteiger partial charge on any atom is -0.478 e. The van der Waals surface area contributed by atoms with Crippen molar-refractivity contribution in [2.45, 2.75) is 6.92 Å². The minimum atomic E-state index is -1.06. The van der Waals surface area contributed by atoms with Gasteiger partial charge in [-0.3, -0.25) is 0 Å². The van der Waals surface area contributed by atoms with Gasteiger partial charge in [0.25, 0.3) is 0 Å². The van der Waals surface area contributed by atoms with Crippen LogP contribution in [0.15, 0.2) is 36.4 Å². The van der Waals surface area contributed by atoms with Crippen LogP contribution in [0.2, 0.25) is 0 Å². The second kappa shape index (κ2) is 4.87. The molecule has 0 bridgehead atoms. The molecule has 2 rings (SSSR count). The average Bonchev–Trinajstić information content (AvgIpc) is 2.37. The molecule has 0 saturated carbocycles.